The SMILES string of the molecule is CCN1C=C(c2csc(C)n2)[C@@H](c2ccccc2)NC1=O. The van der Waals surface area contributed by atoms with Crippen LogP contribution in [0.5, 0.6) is 0 Å². The predicted octanol–water partition coefficient (Wildman–Crippen LogP) is 3.58. The fourth-order valence-corrected chi connectivity index (χ4v) is 3.06. The smallest absolute Gasteiger partial charge is 0.322 e. The second-order valence-corrected chi connectivity index (χ2v) is 5.98. The number of thiazole rings is 1. The van der Waals surface area contributed by atoms with E-state index in [0.717, 1.165) is 21.8 Å². The molecule has 2 aromatic rings. The van der Waals surface area contributed by atoms with Crippen LogP contribution in [0, 0.1) is 6.92 Å². The standard InChI is InChI=1S/C16H17N3OS/c1-3-19-9-13(14-10-21-11(2)17-14)15(18-16(19)20)12-7-5-4-6-8-12/h4-10,15H,3H2,1-2H3,(H,18,20)/t15-/m1/s1. The van der Waals surface area contributed by atoms with Crippen LogP contribution in [0.15, 0.2) is 41.9 Å². The maximum atomic E-state index is 12.1. The molecule has 1 N–H and O–H groups in total. The molecule has 0 saturated carbocycles. The number of rotatable bonds is 3. The van der Waals surface area contributed by atoms with Crippen LogP contribution in [0.1, 0.15) is 29.2 Å². The minimum absolute atomic E-state index is 0.0675. The number of urea groups is 1. The number of nitrogens with one attached hydrogen (secondary N) is 1. The summed E-state index contributed by atoms with van der Waals surface area (Å²) in [5.74, 6) is 0. The summed E-state index contributed by atoms with van der Waals surface area (Å²) >= 11 is 1.62. The van der Waals surface area contributed by atoms with Gasteiger partial charge in [-0.1, -0.05) is 30.3 Å². The second kappa shape index (κ2) is 5.69. The molecule has 0 spiro atoms. The number of hydrogen-bond acceptors (Lipinski definition) is 3. The summed E-state index contributed by atoms with van der Waals surface area (Å²) in [5, 5.41) is 6.14. The Labute approximate surface area is 128 Å². The number of aryl methyl sites for hydroxylation is 1. The van der Waals surface area contributed by atoms with E-state index >= 15 is 0 Å². The maximum Gasteiger partial charge on any atom is 0.322 e. The highest BCUT2D eigenvalue weighted by Gasteiger charge is 2.29. The number of aromatic nitrogens is 1. The molecule has 2 heterocycles. The molecule has 4 nitrogen and oxygen atoms in total. The summed E-state index contributed by atoms with van der Waals surface area (Å²) in [7, 11) is 0. The first-order valence-corrected chi connectivity index (χ1v) is 7.83. The molecular formula is C16H17N3OS. The van der Waals surface area contributed by atoms with Crippen LogP contribution >= 0.6 is 11.3 Å². The third-order valence-corrected chi connectivity index (χ3v) is 4.30. The Bertz CT molecular complexity index is 678. The molecule has 1 aromatic carbocycles. The first-order valence-electron chi connectivity index (χ1n) is 6.95. The van der Waals surface area contributed by atoms with E-state index in [2.05, 4.69) is 10.3 Å². The second-order valence-electron chi connectivity index (χ2n) is 4.92. The topological polar surface area (TPSA) is 45.2 Å². The van der Waals surface area contributed by atoms with Crippen molar-refractivity contribution >= 4 is 22.9 Å². The average Bonchev–Trinajstić information content (AvgIpc) is 2.94. The van der Waals surface area contributed by atoms with Crippen molar-refractivity contribution in [3.8, 4) is 0 Å². The quantitative estimate of drug-likeness (QED) is 0.941. The van der Waals surface area contributed by atoms with Gasteiger partial charge >= 0.3 is 6.03 Å². The number of nitrogens with zero attached hydrogens (tertiary/aromatic N) is 2. The Hall–Kier alpha value is -2.14. The lowest BCUT2D eigenvalue weighted by Crippen LogP contribution is -2.43. The van der Waals surface area contributed by atoms with Crippen LogP contribution in [0.25, 0.3) is 5.57 Å². The summed E-state index contributed by atoms with van der Waals surface area (Å²) in [5.41, 5.74) is 3.04. The molecule has 0 bridgehead atoms. The number of benzene rings is 1. The molecule has 0 saturated heterocycles. The Kier molecular flexibility index (Phi) is 3.75. The first-order chi connectivity index (χ1) is 10.2. The molecular weight excluding hydrogens is 282 g/mol. The van der Waals surface area contributed by atoms with Gasteiger partial charge in [0.2, 0.25) is 0 Å². The molecule has 0 fully saturated rings. The molecule has 0 aliphatic carbocycles. The number of hydrogen-bond donors (Lipinski definition) is 1. The van der Waals surface area contributed by atoms with Crippen LogP contribution in [0.3, 0.4) is 0 Å². The van der Waals surface area contributed by atoms with Crippen molar-refractivity contribution in [2.45, 2.75) is 19.9 Å². The van der Waals surface area contributed by atoms with Gasteiger partial charge in [-0.2, -0.15) is 0 Å². The molecule has 0 unspecified atom stereocenters. The van der Waals surface area contributed by atoms with Crippen LogP contribution in [0.4, 0.5) is 4.79 Å². The zero-order valence-corrected chi connectivity index (χ0v) is 12.9. The zero-order chi connectivity index (χ0) is 14.8. The molecule has 1 aliphatic heterocycles. The van der Waals surface area contributed by atoms with Gasteiger partial charge in [0, 0.05) is 23.7 Å². The largest absolute Gasteiger partial charge is 0.327 e. The third kappa shape index (κ3) is 2.69. The number of carbonyl (C=O) groups is 1. The van der Waals surface area contributed by atoms with Crippen molar-refractivity contribution in [1.82, 2.24) is 15.2 Å². The highest BCUT2D eigenvalue weighted by atomic mass is 32.1. The Morgan fingerprint density at radius 3 is 2.71 bits per heavy atom. The van der Waals surface area contributed by atoms with Gasteiger partial charge in [0.05, 0.1) is 16.7 Å². The van der Waals surface area contributed by atoms with E-state index in [1.165, 1.54) is 0 Å². The van der Waals surface area contributed by atoms with Crippen molar-refractivity contribution < 1.29 is 4.79 Å². The molecule has 5 heteroatoms. The normalized spacial score (nSPS) is 18.4. The van der Waals surface area contributed by atoms with E-state index in [9.17, 15) is 4.79 Å². The van der Waals surface area contributed by atoms with Gasteiger partial charge in [0.1, 0.15) is 0 Å². The van der Waals surface area contributed by atoms with E-state index < -0.39 is 0 Å². The lowest BCUT2D eigenvalue weighted by Gasteiger charge is -2.31. The van der Waals surface area contributed by atoms with Gasteiger partial charge in [-0.3, -0.25) is 0 Å². The molecule has 3 rings (SSSR count). The van der Waals surface area contributed by atoms with Crippen molar-refractivity contribution in [3.63, 3.8) is 0 Å². The molecule has 21 heavy (non-hydrogen) atoms. The van der Waals surface area contributed by atoms with Gasteiger partial charge in [0.25, 0.3) is 0 Å². The molecule has 1 aliphatic rings. The molecule has 108 valence electrons. The lowest BCUT2D eigenvalue weighted by atomic mass is 9.96. The number of amides is 2. The Morgan fingerprint density at radius 2 is 2.10 bits per heavy atom. The van der Waals surface area contributed by atoms with Crippen molar-refractivity contribution in [2.75, 3.05) is 6.54 Å². The fourth-order valence-electron chi connectivity index (χ4n) is 2.44. The summed E-state index contributed by atoms with van der Waals surface area (Å²) in [4.78, 5) is 18.4. The van der Waals surface area contributed by atoms with E-state index in [-0.39, 0.29) is 12.1 Å². The third-order valence-electron chi connectivity index (χ3n) is 3.52. The van der Waals surface area contributed by atoms with Crippen LogP contribution in [-0.4, -0.2) is 22.5 Å². The van der Waals surface area contributed by atoms with Crippen LogP contribution in [0.2, 0.25) is 0 Å². The highest BCUT2D eigenvalue weighted by Crippen LogP contribution is 2.33. The van der Waals surface area contributed by atoms with E-state index in [1.807, 2.05) is 55.8 Å². The molecule has 2 amide bonds. The number of carbonyl (C=O) groups excluding carboxylic acids is 1. The van der Waals surface area contributed by atoms with Crippen molar-refractivity contribution in [1.29, 1.82) is 0 Å². The summed E-state index contributed by atoms with van der Waals surface area (Å²) in [6, 6.07) is 9.78. The minimum Gasteiger partial charge on any atom is -0.327 e. The Morgan fingerprint density at radius 1 is 1.33 bits per heavy atom. The van der Waals surface area contributed by atoms with Gasteiger partial charge < -0.3 is 10.2 Å². The minimum atomic E-state index is -0.150. The molecule has 1 atom stereocenters. The van der Waals surface area contributed by atoms with E-state index in [1.54, 1.807) is 16.2 Å². The van der Waals surface area contributed by atoms with E-state index in [0.29, 0.717) is 6.54 Å². The van der Waals surface area contributed by atoms with Gasteiger partial charge in [-0.05, 0) is 19.4 Å². The summed E-state index contributed by atoms with van der Waals surface area (Å²) in [6.45, 7) is 4.59. The van der Waals surface area contributed by atoms with Crippen LogP contribution in [-0.2, 0) is 0 Å². The highest BCUT2D eigenvalue weighted by molar-refractivity contribution is 7.09. The summed E-state index contributed by atoms with van der Waals surface area (Å²) in [6.07, 6.45) is 1.92. The molecule has 1 aromatic heterocycles. The maximum absolute atomic E-state index is 12.1. The monoisotopic (exact) mass is 299 g/mol. The van der Waals surface area contributed by atoms with Gasteiger partial charge in [0.15, 0.2) is 0 Å². The van der Waals surface area contributed by atoms with Crippen LogP contribution < -0.4 is 5.32 Å². The van der Waals surface area contributed by atoms with Gasteiger partial charge in [-0.25, -0.2) is 9.78 Å². The van der Waals surface area contributed by atoms with Crippen molar-refractivity contribution in [2.24, 2.45) is 0 Å². The average molecular weight is 299 g/mol. The summed E-state index contributed by atoms with van der Waals surface area (Å²) < 4.78 is 0. The fraction of sp³-hybridized carbons (Fsp3) is 0.250. The Balaban J connectivity index is 2.06. The predicted molar refractivity (Wildman–Crippen MR) is 84.9 cm³/mol. The van der Waals surface area contributed by atoms with Crippen molar-refractivity contribution in [3.05, 3.63) is 58.2 Å². The first kappa shape index (κ1) is 13.8. The lowest BCUT2D eigenvalue weighted by molar-refractivity contribution is 0.212. The molecule has 0 radical (unpaired) electrons. The zero-order valence-electron chi connectivity index (χ0n) is 12.0. The van der Waals surface area contributed by atoms with Gasteiger partial charge in [-0.15, -0.1) is 11.3 Å². The van der Waals surface area contributed by atoms with E-state index in [4.69, 9.17) is 0 Å².